The molecule has 8 nitrogen and oxygen atoms in total. The number of allylic oxidation sites excluding steroid dienone is 1. The van der Waals surface area contributed by atoms with Crippen molar-refractivity contribution in [1.82, 2.24) is 15.7 Å². The van der Waals surface area contributed by atoms with Crippen LogP contribution in [-0.2, 0) is 0 Å². The number of aromatic nitrogens is 1. The fourth-order valence-corrected chi connectivity index (χ4v) is 5.66. The molecule has 4 rings (SSSR count). The van der Waals surface area contributed by atoms with Crippen molar-refractivity contribution in [2.75, 3.05) is 23.7 Å². The van der Waals surface area contributed by atoms with E-state index in [0.717, 1.165) is 0 Å². The number of halogens is 4. The first-order chi connectivity index (χ1) is 19.1. The van der Waals surface area contributed by atoms with Gasteiger partial charge >= 0.3 is 0 Å². The number of nitrogens with zero attached hydrogens (tertiary/aromatic N) is 3. The summed E-state index contributed by atoms with van der Waals surface area (Å²) in [5, 5.41) is 21.1. The number of hydrogen-bond acceptors (Lipinski definition) is 7. The lowest BCUT2D eigenvalue weighted by Gasteiger charge is -2.42. The van der Waals surface area contributed by atoms with Gasteiger partial charge in [0, 0.05) is 55.2 Å². The Bertz CT molecular complexity index is 1370. The van der Waals surface area contributed by atoms with E-state index < -0.39 is 23.5 Å². The highest BCUT2D eigenvalue weighted by molar-refractivity contribution is 6.35. The molecule has 222 valence electrons. The zero-order valence-corrected chi connectivity index (χ0v) is 24.8. The lowest BCUT2D eigenvalue weighted by Crippen LogP contribution is -2.75. The highest BCUT2D eigenvalue weighted by Crippen LogP contribution is 2.39. The highest BCUT2D eigenvalue weighted by Gasteiger charge is 2.46. The molecule has 0 amide bonds. The van der Waals surface area contributed by atoms with Crippen molar-refractivity contribution < 1.29 is 19.0 Å². The number of hydrogen-bond donors (Lipinski definition) is 5. The predicted octanol–water partition coefficient (Wildman–Crippen LogP) is 4.83. The number of dihydropyridines is 1. The summed E-state index contributed by atoms with van der Waals surface area (Å²) in [6.07, 6.45) is 4.21. The lowest BCUT2D eigenvalue weighted by molar-refractivity contribution is -0.452. The van der Waals surface area contributed by atoms with E-state index in [1.54, 1.807) is 12.1 Å². The number of pyridine rings is 1. The van der Waals surface area contributed by atoms with Gasteiger partial charge in [0.2, 0.25) is 5.97 Å². The van der Waals surface area contributed by atoms with E-state index in [1.165, 1.54) is 12.3 Å². The maximum absolute atomic E-state index is 14.2. The van der Waals surface area contributed by atoms with Gasteiger partial charge in [-0.05, 0) is 37.5 Å². The molecule has 1 aromatic heterocycles. The van der Waals surface area contributed by atoms with E-state index in [9.17, 15) is 18.4 Å². The fraction of sp³-hybridized carbons (Fsp3) is 0.552. The van der Waals surface area contributed by atoms with Crippen LogP contribution in [0, 0.1) is 22.7 Å². The summed E-state index contributed by atoms with van der Waals surface area (Å²) < 4.78 is 41.1. The molecule has 0 saturated heterocycles. The quantitative estimate of drug-likeness (QED) is 0.252. The second-order valence-electron chi connectivity index (χ2n) is 12.8. The Labute approximate surface area is 244 Å². The normalized spacial score (nSPS) is 21.5. The molecule has 1 saturated carbocycles. The second-order valence-corrected chi connectivity index (χ2v) is 13.2. The molecule has 2 heterocycles. The van der Waals surface area contributed by atoms with Crippen molar-refractivity contribution in [3.8, 4) is 6.07 Å². The first-order valence-corrected chi connectivity index (χ1v) is 14.1. The third-order valence-electron chi connectivity index (χ3n) is 7.62. The number of benzene rings is 1. The largest absolute Gasteiger partial charge is 0.383 e. The molecule has 7 N–H and O–H groups in total. The predicted molar refractivity (Wildman–Crippen MR) is 158 cm³/mol. The van der Waals surface area contributed by atoms with Crippen molar-refractivity contribution in [1.29, 1.82) is 5.26 Å². The number of nitriles is 1. The number of rotatable bonds is 10. The van der Waals surface area contributed by atoms with Gasteiger partial charge in [0.05, 0.1) is 39.4 Å². The van der Waals surface area contributed by atoms with Gasteiger partial charge in [-0.25, -0.2) is 8.78 Å². The second kappa shape index (κ2) is 11.8. The third kappa shape index (κ3) is 7.30. The Morgan fingerprint density at radius 2 is 1.95 bits per heavy atom. The Balaban J connectivity index is 1.72. The van der Waals surface area contributed by atoms with Crippen molar-refractivity contribution >= 4 is 39.8 Å². The van der Waals surface area contributed by atoms with E-state index in [1.807, 2.05) is 19.9 Å². The summed E-state index contributed by atoms with van der Waals surface area (Å²) >= 11 is 6.72. The summed E-state index contributed by atoms with van der Waals surface area (Å²) in [7, 11) is 0. The van der Waals surface area contributed by atoms with Gasteiger partial charge in [-0.15, -0.1) is 0 Å². The molecule has 3 unspecified atom stereocenters. The Kier molecular flexibility index (Phi) is 8.90. The number of fused-ring (bicyclic) bond motifs is 1. The van der Waals surface area contributed by atoms with Gasteiger partial charge in [-0.1, -0.05) is 38.4 Å². The van der Waals surface area contributed by atoms with Crippen LogP contribution in [0.3, 0.4) is 0 Å². The smallest absolute Gasteiger partial charge is 0.251 e. The van der Waals surface area contributed by atoms with Gasteiger partial charge in [-0.3, -0.25) is 15.8 Å². The average Bonchev–Trinajstić information content (AvgIpc) is 2.84. The van der Waals surface area contributed by atoms with E-state index >= 15 is 0 Å². The average molecular weight is 592 g/mol. The maximum Gasteiger partial charge on any atom is 0.251 e. The molecule has 1 aliphatic carbocycles. The number of anilines is 2. The van der Waals surface area contributed by atoms with Crippen molar-refractivity contribution in [3.05, 3.63) is 41.1 Å². The minimum atomic E-state index is -2.64. The molecular formula is C29H39ClF3N8+. The molecule has 0 radical (unpaired) electrons. The molecule has 2 aliphatic rings. The molecule has 1 aromatic carbocycles. The zero-order valence-electron chi connectivity index (χ0n) is 24.1. The Morgan fingerprint density at radius 3 is 2.54 bits per heavy atom. The number of aliphatic imine (C=N–C) groups is 1. The van der Waals surface area contributed by atoms with Gasteiger partial charge in [-0.2, -0.15) is 15.1 Å². The van der Waals surface area contributed by atoms with Crippen LogP contribution in [-0.4, -0.2) is 53.6 Å². The molecule has 41 heavy (non-hydrogen) atoms. The number of nitrogens with one attached hydrogen (secondary N) is 4. The van der Waals surface area contributed by atoms with Crippen LogP contribution >= 0.6 is 11.6 Å². The number of alkyl halides is 2. The first-order valence-electron chi connectivity index (χ1n) is 13.7. The van der Waals surface area contributed by atoms with Crippen LogP contribution in [0.25, 0.3) is 10.9 Å². The van der Waals surface area contributed by atoms with E-state index in [2.05, 4.69) is 64.0 Å². The van der Waals surface area contributed by atoms with Gasteiger partial charge in [0.25, 0.3) is 5.92 Å². The van der Waals surface area contributed by atoms with Crippen molar-refractivity contribution in [2.24, 2.45) is 16.3 Å². The monoisotopic (exact) mass is 591 g/mol. The lowest BCUT2D eigenvalue weighted by atomic mass is 9.77. The van der Waals surface area contributed by atoms with E-state index in [-0.39, 0.29) is 36.3 Å². The molecule has 1 aliphatic heterocycles. The molecule has 3 atom stereocenters. The highest BCUT2D eigenvalue weighted by atomic mass is 35.5. The molecule has 2 aromatic rings. The molecule has 12 heteroatoms. The third-order valence-corrected chi connectivity index (χ3v) is 7.91. The Morgan fingerprint density at radius 1 is 1.24 bits per heavy atom. The van der Waals surface area contributed by atoms with Gasteiger partial charge in [0.1, 0.15) is 6.07 Å². The van der Waals surface area contributed by atoms with Crippen LogP contribution in [0.15, 0.2) is 35.5 Å². The zero-order chi connectivity index (χ0) is 30.2. The van der Waals surface area contributed by atoms with Crippen LogP contribution in [0.4, 0.5) is 24.5 Å². The molecule has 0 bridgehead atoms. The topological polar surface area (TPSA) is 125 Å². The standard InChI is InChI=1S/C29H38ClF3N8/c1-27(2,3)15-38-24-16(12-34)13-37-25-19(24)8-17(9-21(25)30)39-26(20-6-7-23(31)40-28(20,4)5)22(41-35)14-36-18-10-29(32,33)11-18/h6-9,13,18,20,22,26,36,39,41H,10-11,14-15,35H2,1-5H3,(H,37,38)/p+1. The Hall–Kier alpha value is -2.91. The van der Waals surface area contributed by atoms with Gasteiger partial charge < -0.3 is 16.0 Å². The summed E-state index contributed by atoms with van der Waals surface area (Å²) in [5.74, 6) is 0.414. The van der Waals surface area contributed by atoms with Crippen LogP contribution < -0.4 is 27.2 Å². The van der Waals surface area contributed by atoms with Gasteiger partial charge in [0.15, 0.2) is 0 Å². The molecular weight excluding hydrogens is 553 g/mol. The maximum atomic E-state index is 14.2. The van der Waals surface area contributed by atoms with Crippen molar-refractivity contribution in [3.63, 3.8) is 0 Å². The first kappa shape index (κ1) is 31.0. The van der Waals surface area contributed by atoms with Crippen LogP contribution in [0.2, 0.25) is 5.02 Å². The molecule has 1 fully saturated rings. The molecule has 0 spiro atoms. The minimum Gasteiger partial charge on any atom is -0.383 e. The van der Waals surface area contributed by atoms with Crippen molar-refractivity contribution in [2.45, 2.75) is 77.0 Å². The SMILES string of the molecule is CC(C)(C)CNc1c(C#N)cnc2c(Cl)cc(NC(C(CNC3CC(F)(F)C3)N[NH3+])C3C=CC(F)=NC3(C)C)cc12. The summed E-state index contributed by atoms with van der Waals surface area (Å²) in [5.41, 5.74) is 4.44. The minimum absolute atomic E-state index is 0.0494. The fourth-order valence-electron chi connectivity index (χ4n) is 5.39. The van der Waals surface area contributed by atoms with Crippen LogP contribution in [0.1, 0.15) is 53.0 Å². The summed E-state index contributed by atoms with van der Waals surface area (Å²) in [6.45, 7) is 10.9. The summed E-state index contributed by atoms with van der Waals surface area (Å²) in [6, 6.07) is 4.80. The van der Waals surface area contributed by atoms with E-state index in [4.69, 9.17) is 11.6 Å². The summed E-state index contributed by atoms with van der Waals surface area (Å²) in [4.78, 5) is 8.68. The van der Waals surface area contributed by atoms with E-state index in [0.29, 0.717) is 46.0 Å². The van der Waals surface area contributed by atoms with Crippen LogP contribution in [0.5, 0.6) is 0 Å². The number of quaternary nitrogens is 1.